The van der Waals surface area contributed by atoms with Gasteiger partial charge in [-0.3, -0.25) is 0 Å². The molecule has 0 radical (unpaired) electrons. The molecule has 1 N–H and O–H groups in total. The first-order valence-electron chi connectivity index (χ1n) is 5.79. The summed E-state index contributed by atoms with van der Waals surface area (Å²) < 4.78 is 7.13. The number of rotatable bonds is 3. The molecule has 0 saturated carbocycles. The number of nitrogens with zero attached hydrogens (tertiary/aromatic N) is 3. The average Bonchev–Trinajstić information content (AvgIpc) is 2.66. The molecule has 16 heavy (non-hydrogen) atoms. The Morgan fingerprint density at radius 3 is 2.81 bits per heavy atom. The highest BCUT2D eigenvalue weighted by Crippen LogP contribution is 2.24. The van der Waals surface area contributed by atoms with Gasteiger partial charge in [0.1, 0.15) is 12.2 Å². The molecule has 1 saturated heterocycles. The van der Waals surface area contributed by atoms with Crippen LogP contribution >= 0.6 is 0 Å². The molecule has 0 atom stereocenters. The topological polar surface area (TPSA) is 60.2 Å². The van der Waals surface area contributed by atoms with Crippen molar-refractivity contribution in [3.63, 3.8) is 0 Å². The number of aliphatic hydroxyl groups is 1. The monoisotopic (exact) mass is 225 g/mol. The van der Waals surface area contributed by atoms with Crippen LogP contribution in [0.3, 0.4) is 0 Å². The summed E-state index contributed by atoms with van der Waals surface area (Å²) in [6.07, 6.45) is 3.47. The maximum Gasteiger partial charge on any atom is 0.138 e. The van der Waals surface area contributed by atoms with Crippen molar-refractivity contribution < 1.29 is 9.84 Å². The molecule has 2 heterocycles. The van der Waals surface area contributed by atoms with E-state index in [2.05, 4.69) is 23.9 Å². The molecule has 0 unspecified atom stereocenters. The van der Waals surface area contributed by atoms with Gasteiger partial charge in [-0.05, 0) is 13.8 Å². The van der Waals surface area contributed by atoms with Crippen molar-refractivity contribution in [1.29, 1.82) is 0 Å². The van der Waals surface area contributed by atoms with Crippen molar-refractivity contribution in [3.8, 4) is 0 Å². The molecule has 5 heteroatoms. The fraction of sp³-hybridized carbons (Fsp3) is 0.818. The number of hydrogen-bond donors (Lipinski definition) is 1. The van der Waals surface area contributed by atoms with Crippen LogP contribution in [-0.4, -0.2) is 38.7 Å². The molecule has 1 aliphatic rings. The Morgan fingerprint density at radius 2 is 2.19 bits per heavy atom. The van der Waals surface area contributed by atoms with Gasteiger partial charge in [0.2, 0.25) is 0 Å². The molecule has 0 aliphatic carbocycles. The normalized spacial score (nSPS) is 20.2. The zero-order valence-electron chi connectivity index (χ0n) is 9.89. The van der Waals surface area contributed by atoms with Crippen molar-refractivity contribution in [2.75, 3.05) is 13.2 Å². The Bertz CT molecular complexity index is 343. The van der Waals surface area contributed by atoms with Gasteiger partial charge >= 0.3 is 0 Å². The molecule has 1 aromatic rings. The van der Waals surface area contributed by atoms with Gasteiger partial charge < -0.3 is 9.84 Å². The van der Waals surface area contributed by atoms with Crippen LogP contribution in [0, 0.1) is 0 Å². The second-order valence-corrected chi connectivity index (χ2v) is 4.73. The summed E-state index contributed by atoms with van der Waals surface area (Å²) >= 11 is 0. The number of aromatic nitrogens is 3. The van der Waals surface area contributed by atoms with E-state index >= 15 is 0 Å². The molecule has 1 fully saturated rings. The number of ether oxygens (including phenoxy) is 1. The standard InChI is InChI=1S/C11H19N3O2/c1-9(2)14-10(12-8-13-14)7-11(15)3-5-16-6-4-11/h8-9,15H,3-7H2,1-2H3. The molecular weight excluding hydrogens is 206 g/mol. The molecule has 2 rings (SSSR count). The molecule has 0 bridgehead atoms. The van der Waals surface area contributed by atoms with E-state index in [0.29, 0.717) is 32.5 Å². The summed E-state index contributed by atoms with van der Waals surface area (Å²) in [7, 11) is 0. The summed E-state index contributed by atoms with van der Waals surface area (Å²) in [4.78, 5) is 4.23. The summed E-state index contributed by atoms with van der Waals surface area (Å²) in [5.74, 6) is 0.861. The first-order valence-corrected chi connectivity index (χ1v) is 5.79. The Hall–Kier alpha value is -0.940. The van der Waals surface area contributed by atoms with E-state index in [1.165, 1.54) is 0 Å². The molecular formula is C11H19N3O2. The van der Waals surface area contributed by atoms with Crippen LogP contribution in [0.15, 0.2) is 6.33 Å². The second kappa shape index (κ2) is 4.51. The lowest BCUT2D eigenvalue weighted by Crippen LogP contribution is -2.39. The Balaban J connectivity index is 2.10. The highest BCUT2D eigenvalue weighted by molar-refractivity contribution is 4.96. The van der Waals surface area contributed by atoms with Crippen molar-refractivity contribution >= 4 is 0 Å². The fourth-order valence-electron chi connectivity index (χ4n) is 2.05. The molecule has 0 amide bonds. The van der Waals surface area contributed by atoms with E-state index in [4.69, 9.17) is 4.74 Å². The van der Waals surface area contributed by atoms with Crippen molar-refractivity contribution in [2.45, 2.75) is 44.8 Å². The van der Waals surface area contributed by atoms with E-state index < -0.39 is 5.60 Å². The van der Waals surface area contributed by atoms with Crippen LogP contribution in [0.25, 0.3) is 0 Å². The van der Waals surface area contributed by atoms with E-state index in [1.807, 2.05) is 4.68 Å². The van der Waals surface area contributed by atoms with Crippen LogP contribution in [0.1, 0.15) is 38.6 Å². The zero-order valence-corrected chi connectivity index (χ0v) is 9.89. The summed E-state index contributed by atoms with van der Waals surface area (Å²) in [5.41, 5.74) is -0.669. The van der Waals surface area contributed by atoms with Gasteiger partial charge in [-0.25, -0.2) is 9.67 Å². The minimum Gasteiger partial charge on any atom is -0.389 e. The van der Waals surface area contributed by atoms with Gasteiger partial charge in [-0.15, -0.1) is 0 Å². The van der Waals surface area contributed by atoms with Gasteiger partial charge in [0.15, 0.2) is 0 Å². The molecule has 90 valence electrons. The molecule has 5 nitrogen and oxygen atoms in total. The van der Waals surface area contributed by atoms with Crippen molar-refractivity contribution in [2.24, 2.45) is 0 Å². The van der Waals surface area contributed by atoms with Crippen LogP contribution in [-0.2, 0) is 11.2 Å². The smallest absolute Gasteiger partial charge is 0.138 e. The predicted octanol–water partition coefficient (Wildman–Crippen LogP) is 0.943. The van der Waals surface area contributed by atoms with E-state index in [1.54, 1.807) is 6.33 Å². The van der Waals surface area contributed by atoms with Crippen molar-refractivity contribution in [1.82, 2.24) is 14.8 Å². The minimum atomic E-state index is -0.669. The van der Waals surface area contributed by atoms with Gasteiger partial charge in [-0.2, -0.15) is 5.10 Å². The van der Waals surface area contributed by atoms with Gasteiger partial charge in [0.25, 0.3) is 0 Å². The lowest BCUT2D eigenvalue weighted by atomic mass is 9.90. The second-order valence-electron chi connectivity index (χ2n) is 4.73. The fourth-order valence-corrected chi connectivity index (χ4v) is 2.05. The lowest BCUT2D eigenvalue weighted by molar-refractivity contribution is -0.0641. The van der Waals surface area contributed by atoms with E-state index in [-0.39, 0.29) is 6.04 Å². The SMILES string of the molecule is CC(C)n1ncnc1CC1(O)CCOCC1. The molecule has 0 spiro atoms. The third-order valence-electron chi connectivity index (χ3n) is 3.05. The number of hydrogen-bond acceptors (Lipinski definition) is 4. The lowest BCUT2D eigenvalue weighted by Gasteiger charge is -2.31. The highest BCUT2D eigenvalue weighted by atomic mass is 16.5. The van der Waals surface area contributed by atoms with Crippen LogP contribution < -0.4 is 0 Å². The first kappa shape index (κ1) is 11.5. The minimum absolute atomic E-state index is 0.279. The quantitative estimate of drug-likeness (QED) is 0.831. The van der Waals surface area contributed by atoms with Crippen LogP contribution in [0.2, 0.25) is 0 Å². The maximum atomic E-state index is 10.4. The molecule has 1 aliphatic heterocycles. The molecule has 0 aromatic carbocycles. The van der Waals surface area contributed by atoms with E-state index in [0.717, 1.165) is 5.82 Å². The largest absolute Gasteiger partial charge is 0.389 e. The summed E-state index contributed by atoms with van der Waals surface area (Å²) in [5, 5.41) is 14.6. The zero-order chi connectivity index (χ0) is 11.6. The third kappa shape index (κ3) is 2.41. The van der Waals surface area contributed by atoms with Crippen LogP contribution in [0.4, 0.5) is 0 Å². The van der Waals surface area contributed by atoms with Gasteiger partial charge in [0, 0.05) is 38.5 Å². The maximum absolute atomic E-state index is 10.4. The van der Waals surface area contributed by atoms with Gasteiger partial charge in [-0.1, -0.05) is 0 Å². The molecule has 1 aromatic heterocycles. The Labute approximate surface area is 95.4 Å². The highest BCUT2D eigenvalue weighted by Gasteiger charge is 2.31. The van der Waals surface area contributed by atoms with Crippen LogP contribution in [0.5, 0.6) is 0 Å². The summed E-state index contributed by atoms with van der Waals surface area (Å²) in [6, 6.07) is 0.279. The predicted molar refractivity (Wildman–Crippen MR) is 59.1 cm³/mol. The average molecular weight is 225 g/mol. The summed E-state index contributed by atoms with van der Waals surface area (Å²) in [6.45, 7) is 5.39. The Morgan fingerprint density at radius 1 is 1.50 bits per heavy atom. The third-order valence-corrected chi connectivity index (χ3v) is 3.05. The van der Waals surface area contributed by atoms with Crippen molar-refractivity contribution in [3.05, 3.63) is 12.2 Å². The van der Waals surface area contributed by atoms with E-state index in [9.17, 15) is 5.11 Å². The van der Waals surface area contributed by atoms with Gasteiger partial charge in [0.05, 0.1) is 5.60 Å². The Kier molecular flexibility index (Phi) is 3.25. The first-order chi connectivity index (χ1) is 7.61.